The minimum atomic E-state index is -0.309. The third-order valence-corrected chi connectivity index (χ3v) is 3.98. The van der Waals surface area contributed by atoms with E-state index in [1.165, 1.54) is 0 Å². The molecule has 1 N–H and O–H groups in total. The van der Waals surface area contributed by atoms with Crippen molar-refractivity contribution in [3.8, 4) is 5.75 Å². The van der Waals surface area contributed by atoms with Gasteiger partial charge in [0.25, 0.3) is 0 Å². The van der Waals surface area contributed by atoms with E-state index in [-0.39, 0.29) is 23.8 Å². The number of hydrogen-bond acceptors (Lipinski definition) is 3. The molecule has 1 spiro atoms. The Morgan fingerprint density at radius 3 is 2.94 bits per heavy atom. The molecule has 18 heavy (non-hydrogen) atoms. The van der Waals surface area contributed by atoms with Crippen molar-refractivity contribution in [3.63, 3.8) is 0 Å². The zero-order valence-corrected chi connectivity index (χ0v) is 12.3. The number of hydrogen-bond donors (Lipinski definition) is 1. The number of nitrogens with one attached hydrogen (secondary N) is 1. The van der Waals surface area contributed by atoms with E-state index in [0.29, 0.717) is 12.0 Å². The molecule has 0 radical (unpaired) electrons. The first-order chi connectivity index (χ1) is 8.19. The summed E-state index contributed by atoms with van der Waals surface area (Å²) in [5.41, 5.74) is 0.395. The molecular weight excluding hydrogens is 318 g/mol. The molecule has 1 aromatic carbocycles. The summed E-state index contributed by atoms with van der Waals surface area (Å²) in [5, 5.41) is 3.32. The van der Waals surface area contributed by atoms with Gasteiger partial charge in [-0.25, -0.2) is 0 Å². The Morgan fingerprint density at radius 2 is 2.22 bits per heavy atom. The highest BCUT2D eigenvalue weighted by molar-refractivity contribution is 9.10. The molecule has 0 amide bonds. The molecule has 1 aromatic rings. The van der Waals surface area contributed by atoms with Crippen LogP contribution in [0.4, 0.5) is 0 Å². The molecular formula is C13H15BrClNO2. The predicted molar refractivity (Wildman–Crippen MR) is 75.8 cm³/mol. The molecule has 1 atom stereocenters. The predicted octanol–water partition coefficient (Wildman–Crippen LogP) is 2.96. The lowest BCUT2D eigenvalue weighted by atomic mass is 9.84. The average molecular weight is 333 g/mol. The number of Topliss-reactive ketones (excluding diaryl/α,β-unsaturated/α-hetero) is 1. The molecule has 0 aliphatic carbocycles. The highest BCUT2D eigenvalue weighted by atomic mass is 79.9. The van der Waals surface area contributed by atoms with Crippen molar-refractivity contribution in [2.75, 3.05) is 13.1 Å². The van der Waals surface area contributed by atoms with Gasteiger partial charge in [-0.05, 0) is 37.6 Å². The molecule has 3 nitrogen and oxygen atoms in total. The second-order valence-corrected chi connectivity index (χ2v) is 5.72. The normalized spacial score (nSPS) is 26.2. The van der Waals surface area contributed by atoms with Crippen molar-refractivity contribution in [3.05, 3.63) is 28.2 Å². The molecule has 2 heterocycles. The van der Waals surface area contributed by atoms with E-state index >= 15 is 0 Å². The lowest BCUT2D eigenvalue weighted by molar-refractivity contribution is 0.0233. The molecule has 2 aliphatic heterocycles. The first-order valence-corrected chi connectivity index (χ1v) is 6.70. The van der Waals surface area contributed by atoms with Crippen LogP contribution in [0.25, 0.3) is 0 Å². The molecule has 98 valence electrons. The second-order valence-electron chi connectivity index (χ2n) is 4.81. The van der Waals surface area contributed by atoms with Crippen LogP contribution in [0, 0.1) is 0 Å². The zero-order chi connectivity index (χ0) is 11.9. The van der Waals surface area contributed by atoms with E-state index in [4.69, 9.17) is 4.74 Å². The van der Waals surface area contributed by atoms with Crippen LogP contribution in [0.1, 0.15) is 29.6 Å². The maximum Gasteiger partial charge on any atom is 0.170 e. The standard InChI is InChI=1S/C13H14BrNO2.ClH/c14-9-2-3-12-10(6-9)11(16)7-13(17-12)4-1-5-15-8-13;/h2-3,6,15H,1,4-5,7-8H2;1H. The third kappa shape index (κ3) is 2.42. The summed E-state index contributed by atoms with van der Waals surface area (Å²) >= 11 is 3.39. The fourth-order valence-electron chi connectivity index (χ4n) is 2.64. The molecule has 1 fully saturated rings. The van der Waals surface area contributed by atoms with Crippen LogP contribution in [-0.2, 0) is 0 Å². The van der Waals surface area contributed by atoms with Gasteiger partial charge in [0.05, 0.1) is 12.0 Å². The Hall–Kier alpha value is -0.580. The topological polar surface area (TPSA) is 38.3 Å². The lowest BCUT2D eigenvalue weighted by Gasteiger charge is -2.40. The van der Waals surface area contributed by atoms with Gasteiger partial charge in [-0.1, -0.05) is 15.9 Å². The first kappa shape index (κ1) is 13.8. The van der Waals surface area contributed by atoms with Gasteiger partial charge in [0.15, 0.2) is 5.78 Å². The van der Waals surface area contributed by atoms with E-state index in [1.54, 1.807) is 0 Å². The zero-order valence-electron chi connectivity index (χ0n) is 9.87. The van der Waals surface area contributed by atoms with Gasteiger partial charge in [0.2, 0.25) is 0 Å². The molecule has 5 heteroatoms. The number of carbonyl (C=O) groups excluding carboxylic acids is 1. The molecule has 0 bridgehead atoms. The Morgan fingerprint density at radius 1 is 1.39 bits per heavy atom. The molecule has 1 saturated heterocycles. The van der Waals surface area contributed by atoms with E-state index in [1.807, 2.05) is 18.2 Å². The fraction of sp³-hybridized carbons (Fsp3) is 0.462. The van der Waals surface area contributed by atoms with Crippen molar-refractivity contribution in [1.29, 1.82) is 0 Å². The third-order valence-electron chi connectivity index (χ3n) is 3.48. The summed E-state index contributed by atoms with van der Waals surface area (Å²) < 4.78 is 7.00. The van der Waals surface area contributed by atoms with Crippen LogP contribution in [-0.4, -0.2) is 24.5 Å². The number of piperidine rings is 1. The molecule has 0 saturated carbocycles. The maximum atomic E-state index is 12.2. The summed E-state index contributed by atoms with van der Waals surface area (Å²) in [5.74, 6) is 0.921. The second kappa shape index (κ2) is 5.19. The number of ether oxygens (including phenoxy) is 1. The van der Waals surface area contributed by atoms with Gasteiger partial charge in [-0.15, -0.1) is 12.4 Å². The first-order valence-electron chi connectivity index (χ1n) is 5.91. The number of ketones is 1. The van der Waals surface area contributed by atoms with Gasteiger partial charge >= 0.3 is 0 Å². The SMILES string of the molecule is Cl.O=C1CC2(CCCNC2)Oc2ccc(Br)cc21. The molecule has 1 unspecified atom stereocenters. The molecule has 2 aliphatic rings. The summed E-state index contributed by atoms with van der Waals surface area (Å²) in [6.07, 6.45) is 2.52. The average Bonchev–Trinajstić information content (AvgIpc) is 2.31. The Balaban J connectivity index is 0.00000120. The quantitative estimate of drug-likeness (QED) is 0.794. The molecule has 3 rings (SSSR count). The van der Waals surface area contributed by atoms with Gasteiger partial charge < -0.3 is 10.1 Å². The van der Waals surface area contributed by atoms with Crippen molar-refractivity contribution in [2.45, 2.75) is 24.9 Å². The largest absolute Gasteiger partial charge is 0.485 e. The minimum absolute atomic E-state index is 0. The Kier molecular flexibility index (Phi) is 3.99. The van der Waals surface area contributed by atoms with Crippen LogP contribution in [0.2, 0.25) is 0 Å². The fourth-order valence-corrected chi connectivity index (χ4v) is 3.01. The maximum absolute atomic E-state index is 12.2. The summed E-state index contributed by atoms with van der Waals surface area (Å²) in [7, 11) is 0. The van der Waals surface area contributed by atoms with Crippen molar-refractivity contribution < 1.29 is 9.53 Å². The van der Waals surface area contributed by atoms with Crippen LogP contribution in [0.15, 0.2) is 22.7 Å². The van der Waals surface area contributed by atoms with E-state index < -0.39 is 0 Å². The van der Waals surface area contributed by atoms with Crippen molar-refractivity contribution in [1.82, 2.24) is 5.32 Å². The van der Waals surface area contributed by atoms with Gasteiger partial charge in [-0.2, -0.15) is 0 Å². The van der Waals surface area contributed by atoms with Crippen LogP contribution in [0.5, 0.6) is 5.75 Å². The monoisotopic (exact) mass is 331 g/mol. The van der Waals surface area contributed by atoms with E-state index in [9.17, 15) is 4.79 Å². The summed E-state index contributed by atoms with van der Waals surface area (Å²) in [6, 6.07) is 5.65. The van der Waals surface area contributed by atoms with Gasteiger partial charge in [0.1, 0.15) is 11.4 Å². The number of carbonyl (C=O) groups is 1. The van der Waals surface area contributed by atoms with E-state index in [2.05, 4.69) is 21.2 Å². The van der Waals surface area contributed by atoms with Gasteiger partial charge in [0, 0.05) is 11.0 Å². The number of halogens is 2. The molecule has 0 aromatic heterocycles. The van der Waals surface area contributed by atoms with Crippen LogP contribution in [0.3, 0.4) is 0 Å². The Bertz CT molecular complexity index is 472. The van der Waals surface area contributed by atoms with Crippen LogP contribution < -0.4 is 10.1 Å². The highest BCUT2D eigenvalue weighted by Crippen LogP contribution is 2.37. The minimum Gasteiger partial charge on any atom is -0.485 e. The highest BCUT2D eigenvalue weighted by Gasteiger charge is 2.41. The smallest absolute Gasteiger partial charge is 0.170 e. The lowest BCUT2D eigenvalue weighted by Crippen LogP contribution is -2.53. The number of fused-ring (bicyclic) bond motifs is 1. The number of rotatable bonds is 0. The number of benzene rings is 1. The van der Waals surface area contributed by atoms with E-state index in [0.717, 1.165) is 36.2 Å². The van der Waals surface area contributed by atoms with Gasteiger partial charge in [-0.3, -0.25) is 4.79 Å². The van der Waals surface area contributed by atoms with Crippen molar-refractivity contribution >= 4 is 34.1 Å². The summed E-state index contributed by atoms with van der Waals surface area (Å²) in [6.45, 7) is 1.79. The van der Waals surface area contributed by atoms with Crippen molar-refractivity contribution in [2.24, 2.45) is 0 Å². The summed E-state index contributed by atoms with van der Waals surface area (Å²) in [4.78, 5) is 12.2. The van der Waals surface area contributed by atoms with Crippen LogP contribution >= 0.6 is 28.3 Å². The Labute approximate surface area is 121 Å².